The van der Waals surface area contributed by atoms with Gasteiger partial charge in [0.15, 0.2) is 0 Å². The summed E-state index contributed by atoms with van der Waals surface area (Å²) in [5.41, 5.74) is 0. The van der Waals surface area contributed by atoms with E-state index in [1.807, 2.05) is 4.90 Å². The zero-order valence-electron chi connectivity index (χ0n) is 7.91. The summed E-state index contributed by atoms with van der Waals surface area (Å²) in [5.74, 6) is 0. The maximum Gasteiger partial charge on any atom is 0.319 e. The largest absolute Gasteiger partial charge is 0.380 e. The zero-order valence-corrected chi connectivity index (χ0v) is 7.91. The van der Waals surface area contributed by atoms with Crippen LogP contribution in [0.15, 0.2) is 0 Å². The van der Waals surface area contributed by atoms with Gasteiger partial charge in [0.1, 0.15) is 0 Å². The molecule has 0 radical (unpaired) electrons. The Labute approximate surface area is 73.1 Å². The molecule has 0 aromatic carbocycles. The molecular weight excluding hydrogens is 156 g/mol. The Morgan fingerprint density at radius 3 is 2.67 bits per heavy atom. The van der Waals surface area contributed by atoms with Gasteiger partial charge in [-0.2, -0.15) is 0 Å². The Morgan fingerprint density at radius 1 is 1.58 bits per heavy atom. The average molecular weight is 172 g/mol. The van der Waals surface area contributed by atoms with Crippen molar-refractivity contribution < 1.29 is 9.53 Å². The predicted molar refractivity (Wildman–Crippen MR) is 46.1 cm³/mol. The minimum absolute atomic E-state index is 0.0783. The standard InChI is InChI=1S/C8H16N2O2/c1-9(2)8(11)10-5-4-7(6-10)12-3/h7H,4-6H2,1-3H3. The van der Waals surface area contributed by atoms with E-state index in [1.54, 1.807) is 26.1 Å². The van der Waals surface area contributed by atoms with Gasteiger partial charge in [-0.05, 0) is 6.42 Å². The van der Waals surface area contributed by atoms with Crippen LogP contribution < -0.4 is 0 Å². The number of amides is 2. The average Bonchev–Trinajstić information content (AvgIpc) is 2.50. The zero-order chi connectivity index (χ0) is 9.14. The van der Waals surface area contributed by atoms with Gasteiger partial charge in [0.2, 0.25) is 0 Å². The third-order valence-corrected chi connectivity index (χ3v) is 2.13. The van der Waals surface area contributed by atoms with Gasteiger partial charge in [-0.1, -0.05) is 0 Å². The molecule has 1 unspecified atom stereocenters. The van der Waals surface area contributed by atoms with E-state index in [9.17, 15) is 4.79 Å². The molecule has 70 valence electrons. The molecule has 1 aliphatic rings. The topological polar surface area (TPSA) is 32.8 Å². The van der Waals surface area contributed by atoms with Crippen molar-refractivity contribution in [3.63, 3.8) is 0 Å². The number of likely N-dealkylation sites (tertiary alicyclic amines) is 1. The number of carbonyl (C=O) groups excluding carboxylic acids is 1. The van der Waals surface area contributed by atoms with Crippen LogP contribution in [0.25, 0.3) is 0 Å². The van der Waals surface area contributed by atoms with Crippen LogP contribution in [0.1, 0.15) is 6.42 Å². The van der Waals surface area contributed by atoms with E-state index in [0.29, 0.717) is 0 Å². The lowest BCUT2D eigenvalue weighted by atomic mass is 10.3. The SMILES string of the molecule is COC1CCN(C(=O)N(C)C)C1. The van der Waals surface area contributed by atoms with Crippen LogP contribution in [-0.4, -0.2) is 56.2 Å². The number of carbonyl (C=O) groups is 1. The second kappa shape index (κ2) is 3.76. The highest BCUT2D eigenvalue weighted by atomic mass is 16.5. The molecule has 0 spiro atoms. The molecule has 1 saturated heterocycles. The number of ether oxygens (including phenoxy) is 1. The normalized spacial score (nSPS) is 22.9. The van der Waals surface area contributed by atoms with Crippen LogP contribution in [-0.2, 0) is 4.74 Å². The lowest BCUT2D eigenvalue weighted by Crippen LogP contribution is -2.38. The van der Waals surface area contributed by atoms with Gasteiger partial charge in [0, 0.05) is 34.3 Å². The van der Waals surface area contributed by atoms with Crippen molar-refractivity contribution in [2.75, 3.05) is 34.3 Å². The van der Waals surface area contributed by atoms with Gasteiger partial charge in [-0.15, -0.1) is 0 Å². The van der Waals surface area contributed by atoms with Crippen LogP contribution in [0, 0.1) is 0 Å². The molecule has 4 heteroatoms. The highest BCUT2D eigenvalue weighted by Crippen LogP contribution is 2.12. The van der Waals surface area contributed by atoms with E-state index in [2.05, 4.69) is 0 Å². The van der Waals surface area contributed by atoms with Crippen LogP contribution in [0.3, 0.4) is 0 Å². The summed E-state index contributed by atoms with van der Waals surface area (Å²) in [6.45, 7) is 1.54. The Bertz CT molecular complexity index is 170. The summed E-state index contributed by atoms with van der Waals surface area (Å²) in [5, 5.41) is 0. The monoisotopic (exact) mass is 172 g/mol. The molecule has 0 bridgehead atoms. The van der Waals surface area contributed by atoms with Crippen molar-refractivity contribution in [2.24, 2.45) is 0 Å². The molecule has 1 aliphatic heterocycles. The van der Waals surface area contributed by atoms with E-state index >= 15 is 0 Å². The molecular formula is C8H16N2O2. The molecule has 0 aromatic heterocycles. The third kappa shape index (κ3) is 1.88. The van der Waals surface area contributed by atoms with E-state index < -0.39 is 0 Å². The minimum Gasteiger partial charge on any atom is -0.380 e. The summed E-state index contributed by atoms with van der Waals surface area (Å²) in [7, 11) is 5.22. The molecule has 1 fully saturated rings. The van der Waals surface area contributed by atoms with Gasteiger partial charge in [0.25, 0.3) is 0 Å². The fourth-order valence-electron chi connectivity index (χ4n) is 1.38. The Balaban J connectivity index is 2.41. The molecule has 4 nitrogen and oxygen atoms in total. The summed E-state index contributed by atoms with van der Waals surface area (Å²) < 4.78 is 5.16. The first kappa shape index (κ1) is 9.32. The van der Waals surface area contributed by atoms with Crippen molar-refractivity contribution in [2.45, 2.75) is 12.5 Å². The fraction of sp³-hybridized carbons (Fsp3) is 0.875. The van der Waals surface area contributed by atoms with Gasteiger partial charge in [0.05, 0.1) is 6.10 Å². The Kier molecular flexibility index (Phi) is 2.92. The van der Waals surface area contributed by atoms with Crippen molar-refractivity contribution in [1.29, 1.82) is 0 Å². The molecule has 0 saturated carbocycles. The van der Waals surface area contributed by atoms with E-state index in [-0.39, 0.29) is 12.1 Å². The first-order valence-electron chi connectivity index (χ1n) is 4.14. The number of nitrogens with zero attached hydrogens (tertiary/aromatic N) is 2. The minimum atomic E-state index is 0.0783. The van der Waals surface area contributed by atoms with Crippen LogP contribution in [0.4, 0.5) is 4.79 Å². The lowest BCUT2D eigenvalue weighted by molar-refractivity contribution is 0.108. The van der Waals surface area contributed by atoms with Crippen LogP contribution in [0.2, 0.25) is 0 Å². The number of urea groups is 1. The smallest absolute Gasteiger partial charge is 0.319 e. The van der Waals surface area contributed by atoms with Gasteiger partial charge >= 0.3 is 6.03 Å². The second-order valence-corrected chi connectivity index (χ2v) is 3.27. The van der Waals surface area contributed by atoms with E-state index in [0.717, 1.165) is 19.5 Å². The van der Waals surface area contributed by atoms with Crippen LogP contribution in [0.5, 0.6) is 0 Å². The first-order valence-corrected chi connectivity index (χ1v) is 4.14. The van der Waals surface area contributed by atoms with Gasteiger partial charge in [-0.3, -0.25) is 0 Å². The fourth-order valence-corrected chi connectivity index (χ4v) is 1.38. The number of rotatable bonds is 1. The predicted octanol–water partition coefficient (Wildman–Crippen LogP) is 0.389. The van der Waals surface area contributed by atoms with Gasteiger partial charge in [-0.25, -0.2) is 4.79 Å². The number of methoxy groups -OCH3 is 1. The number of hydrogen-bond donors (Lipinski definition) is 0. The summed E-state index contributed by atoms with van der Waals surface area (Å²) in [6.07, 6.45) is 1.18. The highest BCUT2D eigenvalue weighted by molar-refractivity contribution is 5.74. The maximum atomic E-state index is 11.4. The summed E-state index contributed by atoms with van der Waals surface area (Å²) >= 11 is 0. The van der Waals surface area contributed by atoms with Crippen molar-refractivity contribution in [3.05, 3.63) is 0 Å². The molecule has 12 heavy (non-hydrogen) atoms. The van der Waals surface area contributed by atoms with Crippen molar-refractivity contribution in [1.82, 2.24) is 9.80 Å². The Morgan fingerprint density at radius 2 is 2.25 bits per heavy atom. The Hall–Kier alpha value is -0.770. The summed E-state index contributed by atoms with van der Waals surface area (Å²) in [6, 6.07) is 0.0783. The quantitative estimate of drug-likeness (QED) is 0.573. The highest BCUT2D eigenvalue weighted by Gasteiger charge is 2.26. The molecule has 0 N–H and O–H groups in total. The molecule has 1 rings (SSSR count). The molecule has 1 atom stereocenters. The summed E-state index contributed by atoms with van der Waals surface area (Å²) in [4.78, 5) is 14.8. The van der Waals surface area contributed by atoms with Crippen molar-refractivity contribution >= 4 is 6.03 Å². The van der Waals surface area contributed by atoms with Gasteiger partial charge < -0.3 is 14.5 Å². The number of hydrogen-bond acceptors (Lipinski definition) is 2. The van der Waals surface area contributed by atoms with E-state index in [4.69, 9.17) is 4.74 Å². The first-order chi connectivity index (χ1) is 5.65. The molecule has 0 aromatic rings. The maximum absolute atomic E-state index is 11.4. The van der Waals surface area contributed by atoms with Crippen molar-refractivity contribution in [3.8, 4) is 0 Å². The van der Waals surface area contributed by atoms with Crippen LogP contribution >= 0.6 is 0 Å². The molecule has 0 aliphatic carbocycles. The second-order valence-electron chi connectivity index (χ2n) is 3.27. The molecule has 2 amide bonds. The van der Waals surface area contributed by atoms with E-state index in [1.165, 1.54) is 0 Å². The molecule has 1 heterocycles. The third-order valence-electron chi connectivity index (χ3n) is 2.13. The lowest BCUT2D eigenvalue weighted by Gasteiger charge is -2.20.